The second-order valence-corrected chi connectivity index (χ2v) is 10.2. The molecule has 0 fully saturated rings. The Kier molecular flexibility index (Phi) is 6.90. The van der Waals surface area contributed by atoms with E-state index in [1.165, 1.54) is 0 Å². The fourth-order valence-corrected chi connectivity index (χ4v) is 6.21. The van der Waals surface area contributed by atoms with Gasteiger partial charge in [0, 0.05) is 36.0 Å². The Morgan fingerprint density at radius 2 is 1.22 bits per heavy atom. The molecule has 3 aromatic heterocycles. The van der Waals surface area contributed by atoms with Gasteiger partial charge in [0.15, 0.2) is 0 Å². The van der Waals surface area contributed by atoms with E-state index in [1.54, 1.807) is 22.7 Å². The zero-order valence-electron chi connectivity index (χ0n) is 18.9. The maximum Gasteiger partial charge on any atom is 0.143 e. The molecule has 0 unspecified atom stereocenters. The van der Waals surface area contributed by atoms with Crippen LogP contribution in [0.1, 0.15) is 11.1 Å². The van der Waals surface area contributed by atoms with Crippen LogP contribution in [0.3, 0.4) is 0 Å². The molecule has 5 heterocycles. The lowest BCUT2D eigenvalue weighted by Crippen LogP contribution is -2.19. The van der Waals surface area contributed by atoms with Gasteiger partial charge in [-0.1, -0.05) is 0 Å². The first kappa shape index (κ1) is 24.6. The van der Waals surface area contributed by atoms with Crippen LogP contribution in [0.5, 0.6) is 0 Å². The van der Waals surface area contributed by atoms with E-state index < -0.39 is 0 Å². The van der Waals surface area contributed by atoms with Crippen LogP contribution in [0.25, 0.3) is 41.7 Å². The molecule has 2 aromatic carbocycles. The van der Waals surface area contributed by atoms with E-state index >= 15 is 0 Å². The van der Waals surface area contributed by atoms with E-state index in [9.17, 15) is 0 Å². The highest BCUT2D eigenvalue weighted by Gasteiger charge is 2.15. The zero-order chi connectivity index (χ0) is 22.5. The number of aromatic nitrogens is 3. The molecule has 0 spiro atoms. The summed E-state index contributed by atoms with van der Waals surface area (Å²) >= 11 is 3.34. The Bertz CT molecular complexity index is 1520. The van der Waals surface area contributed by atoms with Crippen molar-refractivity contribution >= 4 is 79.6 Å². The van der Waals surface area contributed by atoms with Gasteiger partial charge in [-0.3, -0.25) is 15.0 Å². The van der Waals surface area contributed by atoms with Crippen molar-refractivity contribution < 1.29 is 0 Å². The number of hydrogen-bond donors (Lipinski definition) is 2. The summed E-state index contributed by atoms with van der Waals surface area (Å²) in [6.07, 6.45) is 1.84. The van der Waals surface area contributed by atoms with Crippen molar-refractivity contribution in [2.75, 3.05) is 26.2 Å². The highest BCUT2D eigenvalue weighted by Crippen LogP contribution is 2.35. The first-order valence-electron chi connectivity index (χ1n) is 11.2. The molecule has 7 rings (SSSR count). The van der Waals surface area contributed by atoms with Crippen LogP contribution in [-0.4, -0.2) is 52.8 Å². The number of nitrogens with zero attached hydrogens (tertiary/aromatic N) is 5. The third kappa shape index (κ3) is 4.43. The number of benzene rings is 2. The van der Waals surface area contributed by atoms with Gasteiger partial charge in [-0.2, -0.15) is 0 Å². The van der Waals surface area contributed by atoms with Crippen molar-refractivity contribution in [2.45, 2.75) is 0 Å². The van der Waals surface area contributed by atoms with Crippen molar-refractivity contribution in [3.63, 3.8) is 0 Å². The largest absolute Gasteiger partial charge is 0.368 e. The van der Waals surface area contributed by atoms with E-state index in [2.05, 4.69) is 68.1 Å². The van der Waals surface area contributed by atoms with Gasteiger partial charge < -0.3 is 10.6 Å². The number of pyridine rings is 1. The zero-order valence-corrected chi connectivity index (χ0v) is 22.2. The number of aliphatic imine (C=N–C) groups is 2. The smallest absolute Gasteiger partial charge is 0.143 e. The number of nitrogens with one attached hydrogen (secondary N) is 2. The second-order valence-electron chi connectivity index (χ2n) is 8.15. The van der Waals surface area contributed by atoms with E-state index in [0.717, 1.165) is 90.7 Å². The minimum Gasteiger partial charge on any atom is -0.368 e. The highest BCUT2D eigenvalue weighted by molar-refractivity contribution is 7.22. The second kappa shape index (κ2) is 10.1. The molecule has 2 aliphatic heterocycles. The lowest BCUT2D eigenvalue weighted by atomic mass is 10.2. The van der Waals surface area contributed by atoms with E-state index in [1.807, 2.05) is 12.3 Å². The van der Waals surface area contributed by atoms with Crippen molar-refractivity contribution in [2.24, 2.45) is 9.98 Å². The Balaban J connectivity index is 0.00000133. The minimum atomic E-state index is 0. The first-order chi connectivity index (χ1) is 16.8. The summed E-state index contributed by atoms with van der Waals surface area (Å²) in [6.45, 7) is 3.47. The van der Waals surface area contributed by atoms with Crippen LogP contribution in [0, 0.1) is 0 Å². The predicted molar refractivity (Wildman–Crippen MR) is 155 cm³/mol. The van der Waals surface area contributed by atoms with Crippen molar-refractivity contribution in [1.29, 1.82) is 0 Å². The molecular weight excluding hydrogens is 533 g/mol. The molecule has 2 N–H and O–H groups in total. The average molecular weight is 555 g/mol. The summed E-state index contributed by atoms with van der Waals surface area (Å²) < 4.78 is 2.28. The number of rotatable bonds is 4. The van der Waals surface area contributed by atoms with E-state index in [0.29, 0.717) is 0 Å². The van der Waals surface area contributed by atoms with E-state index in [-0.39, 0.29) is 24.8 Å². The highest BCUT2D eigenvalue weighted by atomic mass is 35.5. The monoisotopic (exact) mass is 553 g/mol. The minimum absolute atomic E-state index is 0. The molecule has 0 amide bonds. The SMILES string of the molecule is Cl.Cl.c1cc(-c2nc3ccc(C4=NCCN4)cc3s2)cc(-c2nc3ccc(C4=NCCN4)cc3s2)n1. The number of thiazole rings is 2. The predicted octanol–water partition coefficient (Wildman–Crippen LogP) is 5.18. The Hall–Kier alpha value is -3.11. The molecule has 11 heteroatoms. The molecule has 36 heavy (non-hydrogen) atoms. The summed E-state index contributed by atoms with van der Waals surface area (Å²) in [4.78, 5) is 23.4. The van der Waals surface area contributed by atoms with Gasteiger partial charge in [-0.15, -0.1) is 47.5 Å². The van der Waals surface area contributed by atoms with Crippen molar-refractivity contribution in [1.82, 2.24) is 25.6 Å². The number of hydrogen-bond acceptors (Lipinski definition) is 9. The molecule has 0 aliphatic carbocycles. The van der Waals surface area contributed by atoms with Crippen LogP contribution in [0.4, 0.5) is 0 Å². The van der Waals surface area contributed by atoms with Gasteiger partial charge in [0.05, 0.1) is 39.2 Å². The van der Waals surface area contributed by atoms with E-state index in [4.69, 9.17) is 9.97 Å². The Labute approximate surface area is 227 Å². The topological polar surface area (TPSA) is 87.5 Å². The molecule has 7 nitrogen and oxygen atoms in total. The molecule has 0 atom stereocenters. The van der Waals surface area contributed by atoms with Gasteiger partial charge in [-0.05, 0) is 48.5 Å². The Morgan fingerprint density at radius 1 is 0.639 bits per heavy atom. The number of halogens is 2. The third-order valence-corrected chi connectivity index (χ3v) is 8.01. The molecule has 5 aromatic rings. The molecule has 2 aliphatic rings. The summed E-state index contributed by atoms with van der Waals surface area (Å²) in [5, 5.41) is 8.56. The summed E-state index contributed by atoms with van der Waals surface area (Å²) in [5.41, 5.74) is 6.11. The molecular formula is C25H21Cl2N7S2. The van der Waals surface area contributed by atoms with Crippen LogP contribution in [0.15, 0.2) is 64.7 Å². The lowest BCUT2D eigenvalue weighted by Gasteiger charge is -2.01. The standard InChI is InChI=1S/C25H19N7S2.2ClH/c1-3-17-20(12-14(1)22-27-7-8-28-22)33-24(31-17)16-5-6-26-19(11-16)25-32-18-4-2-15(13-21(18)34-25)23-29-9-10-30-23;;/h1-6,11-13H,7-10H2,(H,27,28)(H,29,30);2*1H. The summed E-state index contributed by atoms with van der Waals surface area (Å²) in [7, 11) is 0. The molecule has 182 valence electrons. The third-order valence-electron chi connectivity index (χ3n) is 5.90. The van der Waals surface area contributed by atoms with Gasteiger partial charge in [-0.25, -0.2) is 9.97 Å². The van der Waals surface area contributed by atoms with Gasteiger partial charge in [0.1, 0.15) is 21.7 Å². The van der Waals surface area contributed by atoms with Crippen LogP contribution in [0.2, 0.25) is 0 Å². The van der Waals surface area contributed by atoms with Crippen LogP contribution < -0.4 is 10.6 Å². The van der Waals surface area contributed by atoms with Gasteiger partial charge in [0.25, 0.3) is 0 Å². The molecule has 0 radical (unpaired) electrons. The molecule has 0 saturated heterocycles. The summed E-state index contributed by atoms with van der Waals surface area (Å²) in [5.74, 6) is 1.93. The molecule has 0 saturated carbocycles. The summed E-state index contributed by atoms with van der Waals surface area (Å²) in [6, 6.07) is 16.7. The van der Waals surface area contributed by atoms with Crippen LogP contribution in [-0.2, 0) is 0 Å². The number of fused-ring (bicyclic) bond motifs is 2. The molecule has 0 bridgehead atoms. The maximum absolute atomic E-state index is 4.88. The normalized spacial score (nSPS) is 14.6. The lowest BCUT2D eigenvalue weighted by molar-refractivity contribution is 0.960. The van der Waals surface area contributed by atoms with Crippen LogP contribution >= 0.6 is 47.5 Å². The Morgan fingerprint density at radius 3 is 1.81 bits per heavy atom. The maximum atomic E-state index is 4.88. The van der Waals surface area contributed by atoms with Crippen molar-refractivity contribution in [3.8, 4) is 21.3 Å². The number of amidine groups is 2. The fraction of sp³-hybridized carbons (Fsp3) is 0.160. The average Bonchev–Trinajstić information content (AvgIpc) is 3.69. The quantitative estimate of drug-likeness (QED) is 0.320. The van der Waals surface area contributed by atoms with Gasteiger partial charge >= 0.3 is 0 Å². The van der Waals surface area contributed by atoms with Crippen molar-refractivity contribution in [3.05, 3.63) is 65.9 Å². The fourth-order valence-electron chi connectivity index (χ4n) is 4.24. The van der Waals surface area contributed by atoms with Gasteiger partial charge in [0.2, 0.25) is 0 Å². The first-order valence-corrected chi connectivity index (χ1v) is 12.8.